The topological polar surface area (TPSA) is 45.6 Å². The number of benzene rings is 4. The Labute approximate surface area is 226 Å². The van der Waals surface area contributed by atoms with E-state index in [4.69, 9.17) is 9.72 Å². The summed E-state index contributed by atoms with van der Waals surface area (Å²) < 4.78 is 6.90. The van der Waals surface area contributed by atoms with Gasteiger partial charge in [0.15, 0.2) is 0 Å². The number of pyridine rings is 1. The molecule has 0 aliphatic heterocycles. The van der Waals surface area contributed by atoms with Crippen LogP contribution in [0.3, 0.4) is 0 Å². The van der Waals surface area contributed by atoms with Crippen LogP contribution in [-0.2, 0) is 11.1 Å². The van der Waals surface area contributed by atoms with E-state index in [1.165, 1.54) is 0 Å². The van der Waals surface area contributed by atoms with E-state index in [9.17, 15) is 5.11 Å². The van der Waals surface area contributed by atoms with Crippen molar-refractivity contribution in [2.45, 2.75) is 24.5 Å². The van der Waals surface area contributed by atoms with Crippen molar-refractivity contribution in [3.8, 4) is 5.88 Å². The van der Waals surface area contributed by atoms with E-state index in [1.54, 1.807) is 7.11 Å². The van der Waals surface area contributed by atoms with Crippen LogP contribution in [0.25, 0.3) is 21.7 Å². The molecule has 0 amide bonds. The van der Waals surface area contributed by atoms with Crippen molar-refractivity contribution in [2.75, 3.05) is 21.2 Å². The molecule has 1 N–H and O–H groups in total. The number of aromatic nitrogens is 1. The molecule has 2 atom stereocenters. The first-order chi connectivity index (χ1) is 17.8. The molecule has 2 unspecified atom stereocenters. The van der Waals surface area contributed by atoms with Gasteiger partial charge in [0.1, 0.15) is 0 Å². The second kappa shape index (κ2) is 9.90. The fraction of sp³-hybridized carbons (Fsp3) is 0.219. The predicted molar refractivity (Wildman–Crippen MR) is 155 cm³/mol. The Hall–Kier alpha value is -3.25. The summed E-state index contributed by atoms with van der Waals surface area (Å²) in [5.41, 5.74) is 1.76. The van der Waals surface area contributed by atoms with Gasteiger partial charge < -0.3 is 9.84 Å². The standard InChI is InChI=1S/C32H31BrN2O2/c1-31(36,27-16-10-12-22-11-8-9-15-26(22)27)21-32(35(2)3,24-13-6-5-7-14-24)28-20-23-19-25(33)17-18-29(23)34-30(28)37-4/h5-20,36H,21H2,1-4H3. The molecule has 1 heterocycles. The van der Waals surface area contributed by atoms with Crippen LogP contribution in [0.5, 0.6) is 5.88 Å². The zero-order chi connectivity index (χ0) is 26.2. The predicted octanol–water partition coefficient (Wildman–Crippen LogP) is 7.26. The molecular weight excluding hydrogens is 524 g/mol. The van der Waals surface area contributed by atoms with E-state index in [0.717, 1.165) is 42.8 Å². The molecule has 0 aliphatic rings. The van der Waals surface area contributed by atoms with Gasteiger partial charge in [0.05, 0.1) is 23.8 Å². The summed E-state index contributed by atoms with van der Waals surface area (Å²) in [5, 5.41) is 15.5. The molecule has 0 spiro atoms. The number of hydrogen-bond acceptors (Lipinski definition) is 4. The van der Waals surface area contributed by atoms with Crippen LogP contribution in [-0.4, -0.2) is 36.2 Å². The Kier molecular flexibility index (Phi) is 6.80. The number of rotatable bonds is 7. The maximum atomic E-state index is 12.3. The smallest absolute Gasteiger partial charge is 0.219 e. The van der Waals surface area contributed by atoms with Gasteiger partial charge in [-0.05, 0) is 67.2 Å². The molecule has 0 aliphatic carbocycles. The summed E-state index contributed by atoms with van der Waals surface area (Å²) in [6.07, 6.45) is 0.378. The Bertz CT molecular complexity index is 1560. The number of aliphatic hydroxyl groups is 1. The SMILES string of the molecule is COc1nc2ccc(Br)cc2cc1C(CC(C)(O)c1cccc2ccccc12)(c1ccccc1)N(C)C. The van der Waals surface area contributed by atoms with Gasteiger partial charge in [-0.25, -0.2) is 4.98 Å². The summed E-state index contributed by atoms with van der Waals surface area (Å²) in [6, 6.07) is 32.8. The quantitative estimate of drug-likeness (QED) is 0.230. The first-order valence-corrected chi connectivity index (χ1v) is 13.1. The summed E-state index contributed by atoms with van der Waals surface area (Å²) in [4.78, 5) is 7.08. The number of hydrogen-bond donors (Lipinski definition) is 1. The summed E-state index contributed by atoms with van der Waals surface area (Å²) in [5.74, 6) is 0.543. The molecule has 4 nitrogen and oxygen atoms in total. The molecule has 5 heteroatoms. The highest BCUT2D eigenvalue weighted by Crippen LogP contribution is 2.48. The van der Waals surface area contributed by atoms with E-state index >= 15 is 0 Å². The Balaban J connectivity index is 1.80. The second-order valence-corrected chi connectivity index (χ2v) is 10.9. The van der Waals surface area contributed by atoms with Crippen molar-refractivity contribution in [1.82, 2.24) is 9.88 Å². The van der Waals surface area contributed by atoms with Gasteiger partial charge in [0.25, 0.3) is 0 Å². The number of nitrogens with zero attached hydrogens (tertiary/aromatic N) is 2. The summed E-state index contributed by atoms with van der Waals surface area (Å²) in [7, 11) is 5.76. The van der Waals surface area contributed by atoms with E-state index in [1.807, 2.05) is 61.5 Å². The average molecular weight is 556 g/mol. The highest BCUT2D eigenvalue weighted by molar-refractivity contribution is 9.10. The van der Waals surface area contributed by atoms with Crippen LogP contribution in [0.1, 0.15) is 30.0 Å². The second-order valence-electron chi connectivity index (χ2n) is 9.98. The normalized spacial score (nSPS) is 15.0. The van der Waals surface area contributed by atoms with E-state index in [2.05, 4.69) is 77.4 Å². The van der Waals surface area contributed by atoms with Crippen molar-refractivity contribution in [2.24, 2.45) is 0 Å². The molecule has 0 radical (unpaired) electrons. The van der Waals surface area contributed by atoms with Crippen molar-refractivity contribution >= 4 is 37.6 Å². The molecule has 0 saturated carbocycles. The monoisotopic (exact) mass is 554 g/mol. The summed E-state index contributed by atoms with van der Waals surface area (Å²) >= 11 is 3.61. The number of halogens is 1. The van der Waals surface area contributed by atoms with Crippen LogP contribution >= 0.6 is 15.9 Å². The van der Waals surface area contributed by atoms with E-state index in [0.29, 0.717) is 12.3 Å². The lowest BCUT2D eigenvalue weighted by Crippen LogP contribution is -2.47. The lowest BCUT2D eigenvalue weighted by molar-refractivity contribution is -0.00203. The highest BCUT2D eigenvalue weighted by Gasteiger charge is 2.46. The fourth-order valence-corrected chi connectivity index (χ4v) is 5.97. The van der Waals surface area contributed by atoms with Crippen LogP contribution in [0, 0.1) is 0 Å². The van der Waals surface area contributed by atoms with Gasteiger partial charge in [-0.1, -0.05) is 88.7 Å². The van der Waals surface area contributed by atoms with Crippen molar-refractivity contribution in [3.63, 3.8) is 0 Å². The number of fused-ring (bicyclic) bond motifs is 2. The van der Waals surface area contributed by atoms with Gasteiger partial charge in [-0.15, -0.1) is 0 Å². The lowest BCUT2D eigenvalue weighted by Gasteiger charge is -2.45. The van der Waals surface area contributed by atoms with Gasteiger partial charge in [0, 0.05) is 21.8 Å². The minimum absolute atomic E-state index is 0.378. The Morgan fingerprint density at radius 2 is 1.54 bits per heavy atom. The van der Waals surface area contributed by atoms with Gasteiger partial charge in [-0.2, -0.15) is 0 Å². The Morgan fingerprint density at radius 1 is 0.838 bits per heavy atom. The molecule has 5 rings (SSSR count). The molecule has 5 aromatic rings. The Morgan fingerprint density at radius 3 is 2.27 bits per heavy atom. The molecule has 4 aromatic carbocycles. The zero-order valence-electron chi connectivity index (χ0n) is 21.6. The molecule has 37 heavy (non-hydrogen) atoms. The first-order valence-electron chi connectivity index (χ1n) is 12.3. The van der Waals surface area contributed by atoms with Gasteiger partial charge in [0.2, 0.25) is 5.88 Å². The molecule has 0 fully saturated rings. The van der Waals surface area contributed by atoms with Gasteiger partial charge >= 0.3 is 0 Å². The zero-order valence-corrected chi connectivity index (χ0v) is 23.2. The van der Waals surface area contributed by atoms with Crippen molar-refractivity contribution in [3.05, 3.63) is 118 Å². The van der Waals surface area contributed by atoms with Crippen molar-refractivity contribution in [1.29, 1.82) is 0 Å². The third kappa shape index (κ3) is 4.52. The van der Waals surface area contributed by atoms with Crippen molar-refractivity contribution < 1.29 is 9.84 Å². The number of methoxy groups -OCH3 is 1. The number of ether oxygens (including phenoxy) is 1. The largest absolute Gasteiger partial charge is 0.481 e. The minimum Gasteiger partial charge on any atom is -0.481 e. The molecule has 0 bridgehead atoms. The maximum Gasteiger partial charge on any atom is 0.219 e. The van der Waals surface area contributed by atoms with Crippen LogP contribution in [0.4, 0.5) is 0 Å². The van der Waals surface area contributed by atoms with Crippen LogP contribution in [0.15, 0.2) is 102 Å². The minimum atomic E-state index is -1.18. The van der Waals surface area contributed by atoms with Gasteiger partial charge in [-0.3, -0.25) is 4.90 Å². The molecule has 0 saturated heterocycles. The molecular formula is C32H31BrN2O2. The van der Waals surface area contributed by atoms with Crippen LogP contribution in [0.2, 0.25) is 0 Å². The fourth-order valence-electron chi connectivity index (χ4n) is 5.59. The maximum absolute atomic E-state index is 12.3. The molecule has 1 aromatic heterocycles. The highest BCUT2D eigenvalue weighted by atomic mass is 79.9. The van der Waals surface area contributed by atoms with E-state index < -0.39 is 11.1 Å². The van der Waals surface area contributed by atoms with Crippen LogP contribution < -0.4 is 4.74 Å². The third-order valence-electron chi connectivity index (χ3n) is 7.37. The summed E-state index contributed by atoms with van der Waals surface area (Å²) in [6.45, 7) is 1.91. The molecule has 188 valence electrons. The van der Waals surface area contributed by atoms with E-state index in [-0.39, 0.29) is 0 Å². The first kappa shape index (κ1) is 25.4. The lowest BCUT2D eigenvalue weighted by atomic mass is 9.71. The third-order valence-corrected chi connectivity index (χ3v) is 7.86. The average Bonchev–Trinajstić information content (AvgIpc) is 2.91.